The van der Waals surface area contributed by atoms with Crippen molar-refractivity contribution in [2.24, 2.45) is 11.3 Å². The molecule has 0 heterocycles. The maximum Gasteiger partial charge on any atom is 0.306 e. The van der Waals surface area contributed by atoms with Crippen LogP contribution < -0.4 is 20.7 Å². The number of carbonyl (C=O) groups is 3. The van der Waals surface area contributed by atoms with Gasteiger partial charge in [0.2, 0.25) is 0 Å². The van der Waals surface area contributed by atoms with Gasteiger partial charge in [0.1, 0.15) is 18.3 Å². The zero-order chi connectivity index (χ0) is 33.1. The number of ether oxygens (including phenoxy) is 3. The Morgan fingerprint density at radius 3 is 2.09 bits per heavy atom. The van der Waals surface area contributed by atoms with E-state index in [9.17, 15) is 14.4 Å². The van der Waals surface area contributed by atoms with Gasteiger partial charge in [-0.15, -0.1) is 23.2 Å². The molecule has 0 saturated carbocycles. The second-order valence-corrected chi connectivity index (χ2v) is 12.1. The second kappa shape index (κ2) is 27.3. The van der Waals surface area contributed by atoms with Crippen molar-refractivity contribution in [1.29, 1.82) is 0 Å². The first-order valence-electron chi connectivity index (χ1n) is 15.0. The van der Waals surface area contributed by atoms with Crippen molar-refractivity contribution in [3.8, 4) is 5.75 Å². The van der Waals surface area contributed by atoms with Crippen molar-refractivity contribution < 1.29 is 28.6 Å². The third-order valence-electron chi connectivity index (χ3n) is 6.06. The van der Waals surface area contributed by atoms with Crippen LogP contribution in [0.25, 0.3) is 0 Å². The molecule has 43 heavy (non-hydrogen) atoms. The van der Waals surface area contributed by atoms with Crippen LogP contribution in [0.5, 0.6) is 5.75 Å². The lowest BCUT2D eigenvalue weighted by atomic mass is 9.84. The molecule has 0 aliphatic rings. The van der Waals surface area contributed by atoms with Crippen LogP contribution in [0.3, 0.4) is 0 Å². The quantitative estimate of drug-likeness (QED) is 0.0507. The lowest BCUT2D eigenvalue weighted by molar-refractivity contribution is -0.143. The van der Waals surface area contributed by atoms with E-state index in [-0.39, 0.29) is 12.4 Å². The Hall–Kier alpha value is -2.23. The van der Waals surface area contributed by atoms with Gasteiger partial charge in [0.25, 0.3) is 0 Å². The van der Waals surface area contributed by atoms with E-state index in [2.05, 4.69) is 37.9 Å². The molecule has 1 rings (SSSR count). The molecule has 3 N–H and O–H groups in total. The number of nitrogens with one attached hydrogen (secondary N) is 1. The van der Waals surface area contributed by atoms with E-state index in [1.165, 1.54) is 0 Å². The minimum atomic E-state index is -0.245. The molecule has 11 heteroatoms. The number of nitrogens with two attached hydrogens (primary N) is 1. The number of esters is 1. The number of nitrogen functional groups attached to an aromatic ring is 1. The fourth-order valence-electron chi connectivity index (χ4n) is 4.19. The van der Waals surface area contributed by atoms with Crippen LogP contribution in [0, 0.1) is 11.3 Å². The van der Waals surface area contributed by atoms with E-state index in [0.29, 0.717) is 48.2 Å². The van der Waals surface area contributed by atoms with Crippen LogP contribution in [0.2, 0.25) is 0 Å². The molecule has 0 aliphatic carbocycles. The molecular weight excluding hydrogens is 593 g/mol. The molecule has 1 aromatic rings. The predicted octanol–water partition coefficient (Wildman–Crippen LogP) is 6.97. The first kappa shape index (κ1) is 42.9. The van der Waals surface area contributed by atoms with Crippen LogP contribution in [-0.4, -0.2) is 77.9 Å². The highest BCUT2D eigenvalue weighted by Crippen LogP contribution is 2.36. The zero-order valence-corrected chi connectivity index (χ0v) is 29.0. The molecule has 1 atom stereocenters. The van der Waals surface area contributed by atoms with Gasteiger partial charge in [-0.25, -0.2) is 0 Å². The van der Waals surface area contributed by atoms with E-state index in [1.807, 2.05) is 19.2 Å². The highest BCUT2D eigenvalue weighted by Gasteiger charge is 2.16. The Morgan fingerprint density at radius 1 is 1.02 bits per heavy atom. The summed E-state index contributed by atoms with van der Waals surface area (Å²) in [6, 6.07) is 3.86. The van der Waals surface area contributed by atoms with Gasteiger partial charge in [0.15, 0.2) is 0 Å². The third kappa shape index (κ3) is 23.9. The summed E-state index contributed by atoms with van der Waals surface area (Å²) in [4.78, 5) is 33.1. The van der Waals surface area contributed by atoms with E-state index < -0.39 is 0 Å². The number of nitrogens with zero attached hydrogens (tertiary/aromatic N) is 1. The molecule has 0 fully saturated rings. The number of anilines is 3. The smallest absolute Gasteiger partial charge is 0.306 e. The number of unbranched alkanes of at least 4 members (excludes halogenated alkanes) is 2. The minimum Gasteiger partial charge on any atom is -0.495 e. The number of halogens is 2. The van der Waals surface area contributed by atoms with Crippen LogP contribution in [0.4, 0.5) is 17.1 Å². The summed E-state index contributed by atoms with van der Waals surface area (Å²) >= 11 is 10.6. The normalized spacial score (nSPS) is 11.2. The number of methoxy groups -OCH3 is 2. The molecule has 0 saturated heterocycles. The molecule has 0 radical (unpaired) electrons. The number of benzene rings is 1. The van der Waals surface area contributed by atoms with Crippen LogP contribution in [-0.2, 0) is 23.9 Å². The largest absolute Gasteiger partial charge is 0.495 e. The van der Waals surface area contributed by atoms with Crippen molar-refractivity contribution in [3.05, 3.63) is 12.1 Å². The summed E-state index contributed by atoms with van der Waals surface area (Å²) in [7, 11) is 5.21. The maximum absolute atomic E-state index is 11.4. The summed E-state index contributed by atoms with van der Waals surface area (Å²) < 4.78 is 15.9. The van der Waals surface area contributed by atoms with Gasteiger partial charge in [-0.2, -0.15) is 0 Å². The standard InChI is InChI=1S/C20H34ClN3O4.C9H18O.C3H5ClO/c1-23-17-15-18(19(27-3)14-16(17)22)24(10-4-6-12-26-2)11-5-7-13-28-20(25)8-9-21;1-8(5-6-10)7-9(2,3)4;4-2-1-3-5/h14-15,23H,4-13,22H2,1-3H3;6,8H,5,7H2,1-4H3;3H,1-2H2. The summed E-state index contributed by atoms with van der Waals surface area (Å²) in [5, 5.41) is 3.12. The fraction of sp³-hybridized carbons (Fsp3) is 0.719. The van der Waals surface area contributed by atoms with Gasteiger partial charge >= 0.3 is 5.97 Å². The van der Waals surface area contributed by atoms with Gasteiger partial charge in [0.05, 0.1) is 37.2 Å². The van der Waals surface area contributed by atoms with Crippen molar-refractivity contribution >= 4 is 58.8 Å². The molecule has 250 valence electrons. The number of hydrogen-bond acceptors (Lipinski definition) is 9. The van der Waals surface area contributed by atoms with Crippen molar-refractivity contribution in [3.63, 3.8) is 0 Å². The van der Waals surface area contributed by atoms with Crippen molar-refractivity contribution in [2.75, 3.05) is 75.3 Å². The molecule has 0 spiro atoms. The van der Waals surface area contributed by atoms with E-state index >= 15 is 0 Å². The highest BCUT2D eigenvalue weighted by atomic mass is 35.5. The Morgan fingerprint density at radius 2 is 1.65 bits per heavy atom. The van der Waals surface area contributed by atoms with Crippen molar-refractivity contribution in [2.45, 2.75) is 79.1 Å². The lowest BCUT2D eigenvalue weighted by Gasteiger charge is -2.27. The number of rotatable bonds is 20. The topological polar surface area (TPSA) is 120 Å². The minimum absolute atomic E-state index is 0.245. The first-order chi connectivity index (χ1) is 20.4. The number of aldehydes is 2. The average Bonchev–Trinajstić information content (AvgIpc) is 2.94. The summed E-state index contributed by atoms with van der Waals surface area (Å²) in [5.41, 5.74) is 8.95. The molecule has 0 aromatic heterocycles. The molecule has 9 nitrogen and oxygen atoms in total. The Kier molecular flexibility index (Phi) is 27.3. The fourth-order valence-corrected chi connectivity index (χ4v) is 4.43. The van der Waals surface area contributed by atoms with Gasteiger partial charge in [-0.05, 0) is 49.5 Å². The SMILES string of the molecule is CC(CC=O)CC(C)(C)C.CNc1cc(N(CCCCOC)CCCCOC(=O)CCCl)c(OC)cc1N.O=CCCCl. The zero-order valence-electron chi connectivity index (χ0n) is 27.5. The van der Waals surface area contributed by atoms with Gasteiger partial charge in [-0.1, -0.05) is 27.7 Å². The highest BCUT2D eigenvalue weighted by molar-refractivity contribution is 6.18. The maximum atomic E-state index is 11.4. The first-order valence-corrected chi connectivity index (χ1v) is 16.0. The summed E-state index contributed by atoms with van der Waals surface area (Å²) in [5.74, 6) is 1.78. The summed E-state index contributed by atoms with van der Waals surface area (Å²) in [6.45, 7) is 11.6. The van der Waals surface area contributed by atoms with E-state index in [1.54, 1.807) is 14.2 Å². The molecule has 1 aromatic carbocycles. The Bertz CT molecular complexity index is 868. The Labute approximate surface area is 270 Å². The lowest BCUT2D eigenvalue weighted by Crippen LogP contribution is -2.27. The summed E-state index contributed by atoms with van der Waals surface area (Å²) in [6.07, 6.45) is 8.04. The molecule has 0 amide bonds. The van der Waals surface area contributed by atoms with Crippen LogP contribution >= 0.6 is 23.2 Å². The molecule has 0 bridgehead atoms. The van der Waals surface area contributed by atoms with E-state index in [4.69, 9.17) is 43.1 Å². The molecular formula is C32H57Cl2N3O6. The monoisotopic (exact) mass is 649 g/mol. The Balaban J connectivity index is 0. The number of hydrogen-bond donors (Lipinski definition) is 2. The van der Waals surface area contributed by atoms with Crippen LogP contribution in [0.1, 0.15) is 79.1 Å². The molecule has 0 aliphatic heterocycles. The second-order valence-electron chi connectivity index (χ2n) is 11.3. The van der Waals surface area contributed by atoms with E-state index in [0.717, 1.165) is 81.5 Å². The van der Waals surface area contributed by atoms with Crippen LogP contribution in [0.15, 0.2) is 12.1 Å². The average molecular weight is 651 g/mol. The molecule has 1 unspecified atom stereocenters. The van der Waals surface area contributed by atoms with Gasteiger partial charge < -0.3 is 39.8 Å². The number of carbonyl (C=O) groups excluding carboxylic acids is 3. The number of alkyl halides is 2. The van der Waals surface area contributed by atoms with Gasteiger partial charge in [-0.3, -0.25) is 4.79 Å². The third-order valence-corrected chi connectivity index (χ3v) is 6.47. The van der Waals surface area contributed by atoms with Crippen molar-refractivity contribution in [1.82, 2.24) is 0 Å². The van der Waals surface area contributed by atoms with Gasteiger partial charge in [0, 0.05) is 64.5 Å². The predicted molar refractivity (Wildman–Crippen MR) is 181 cm³/mol.